The van der Waals surface area contributed by atoms with Gasteiger partial charge in [-0.15, -0.1) is 0 Å². The summed E-state index contributed by atoms with van der Waals surface area (Å²) < 4.78 is 5.66. The third kappa shape index (κ3) is 4.36. The third-order valence-electron chi connectivity index (χ3n) is 2.63. The second-order valence-corrected chi connectivity index (χ2v) is 4.48. The molecule has 0 aliphatic rings. The minimum Gasteiger partial charge on any atom is -0.491 e. The summed E-state index contributed by atoms with van der Waals surface area (Å²) >= 11 is 0. The highest BCUT2D eigenvalue weighted by atomic mass is 16.5. The van der Waals surface area contributed by atoms with Gasteiger partial charge in [0.1, 0.15) is 12.4 Å². The van der Waals surface area contributed by atoms with Gasteiger partial charge in [0.15, 0.2) is 0 Å². The Morgan fingerprint density at radius 3 is 2.65 bits per heavy atom. The molecule has 96 valence electrons. The fourth-order valence-corrected chi connectivity index (χ4v) is 1.75. The highest BCUT2D eigenvalue weighted by Crippen LogP contribution is 2.26. The average Bonchev–Trinajstić information content (AvgIpc) is 2.26. The zero-order valence-corrected chi connectivity index (χ0v) is 11.2. The first-order valence-electron chi connectivity index (χ1n) is 6.19. The second-order valence-electron chi connectivity index (χ2n) is 4.48. The Kier molecular flexibility index (Phi) is 5.45. The van der Waals surface area contributed by atoms with Crippen LogP contribution in [0.2, 0.25) is 0 Å². The van der Waals surface area contributed by atoms with E-state index in [2.05, 4.69) is 31.3 Å². The van der Waals surface area contributed by atoms with Crippen LogP contribution in [0.3, 0.4) is 0 Å². The topological polar surface area (TPSA) is 41.5 Å². The lowest BCUT2D eigenvalue weighted by Gasteiger charge is -2.19. The zero-order valence-electron chi connectivity index (χ0n) is 11.2. The monoisotopic (exact) mass is 237 g/mol. The summed E-state index contributed by atoms with van der Waals surface area (Å²) in [4.78, 5) is 0. The smallest absolute Gasteiger partial charge is 0.124 e. The highest BCUT2D eigenvalue weighted by Gasteiger charge is 2.11. The number of benzene rings is 1. The van der Waals surface area contributed by atoms with Gasteiger partial charge in [-0.25, -0.2) is 0 Å². The lowest BCUT2D eigenvalue weighted by atomic mass is 10.0. The minimum atomic E-state index is -0.446. The van der Waals surface area contributed by atoms with Gasteiger partial charge < -0.3 is 15.2 Å². The van der Waals surface area contributed by atoms with Crippen molar-refractivity contribution in [3.63, 3.8) is 0 Å². The molecule has 1 rings (SSSR count). The normalized spacial score (nSPS) is 14.4. The second kappa shape index (κ2) is 6.62. The summed E-state index contributed by atoms with van der Waals surface area (Å²) in [6.45, 7) is 9.21. The van der Waals surface area contributed by atoms with Crippen LogP contribution in [0.5, 0.6) is 5.75 Å². The molecule has 0 saturated heterocycles. The molecule has 1 aromatic rings. The van der Waals surface area contributed by atoms with Gasteiger partial charge in [0, 0.05) is 11.6 Å². The third-order valence-corrected chi connectivity index (χ3v) is 2.63. The standard InChI is InChI=1S/C14H23NO2/c1-5-15-12(4)13-7-6-10(2)8-14(13)17-9-11(3)16/h6-8,11-12,15-16H,5,9H2,1-4H3. The van der Waals surface area contributed by atoms with Crippen molar-refractivity contribution in [2.45, 2.75) is 39.8 Å². The minimum absolute atomic E-state index is 0.254. The molecule has 0 aliphatic carbocycles. The van der Waals surface area contributed by atoms with Crippen LogP contribution in [0.15, 0.2) is 18.2 Å². The van der Waals surface area contributed by atoms with Crippen LogP contribution in [0.25, 0.3) is 0 Å². The number of aryl methyl sites for hydroxylation is 1. The van der Waals surface area contributed by atoms with E-state index in [9.17, 15) is 5.11 Å². The molecular weight excluding hydrogens is 214 g/mol. The molecule has 2 unspecified atom stereocenters. The van der Waals surface area contributed by atoms with Gasteiger partial charge in [-0.1, -0.05) is 19.1 Å². The van der Waals surface area contributed by atoms with E-state index in [1.165, 1.54) is 0 Å². The first-order valence-corrected chi connectivity index (χ1v) is 6.19. The quantitative estimate of drug-likeness (QED) is 0.798. The van der Waals surface area contributed by atoms with E-state index >= 15 is 0 Å². The molecule has 0 radical (unpaired) electrons. The van der Waals surface area contributed by atoms with Crippen LogP contribution in [0.4, 0.5) is 0 Å². The summed E-state index contributed by atoms with van der Waals surface area (Å²) in [6.07, 6.45) is -0.446. The number of hydrogen-bond acceptors (Lipinski definition) is 3. The molecule has 1 aromatic carbocycles. The van der Waals surface area contributed by atoms with E-state index in [0.29, 0.717) is 6.61 Å². The van der Waals surface area contributed by atoms with Crippen molar-refractivity contribution in [2.75, 3.05) is 13.2 Å². The van der Waals surface area contributed by atoms with Crippen LogP contribution >= 0.6 is 0 Å². The van der Waals surface area contributed by atoms with E-state index in [4.69, 9.17) is 4.74 Å². The first kappa shape index (κ1) is 14.0. The molecule has 0 bridgehead atoms. The number of aliphatic hydroxyl groups excluding tert-OH is 1. The molecule has 0 heterocycles. The van der Waals surface area contributed by atoms with Crippen molar-refractivity contribution >= 4 is 0 Å². The predicted octanol–water partition coefficient (Wildman–Crippen LogP) is 2.43. The molecule has 3 heteroatoms. The Morgan fingerprint density at radius 2 is 2.06 bits per heavy atom. The fraction of sp³-hybridized carbons (Fsp3) is 0.571. The number of aliphatic hydroxyl groups is 1. The molecule has 0 aromatic heterocycles. The SMILES string of the molecule is CCNC(C)c1ccc(C)cc1OCC(C)O. The van der Waals surface area contributed by atoms with Crippen molar-refractivity contribution in [2.24, 2.45) is 0 Å². The van der Waals surface area contributed by atoms with Crippen molar-refractivity contribution in [1.82, 2.24) is 5.32 Å². The van der Waals surface area contributed by atoms with Gasteiger partial charge in [-0.2, -0.15) is 0 Å². The Labute approximate surface area is 104 Å². The van der Waals surface area contributed by atoms with E-state index < -0.39 is 6.10 Å². The van der Waals surface area contributed by atoms with Crippen molar-refractivity contribution < 1.29 is 9.84 Å². The zero-order chi connectivity index (χ0) is 12.8. The summed E-state index contributed by atoms with van der Waals surface area (Å²) in [5, 5.41) is 12.6. The maximum atomic E-state index is 9.28. The van der Waals surface area contributed by atoms with Crippen LogP contribution in [-0.4, -0.2) is 24.4 Å². The summed E-state index contributed by atoms with van der Waals surface area (Å²) in [5.41, 5.74) is 2.30. The Morgan fingerprint density at radius 1 is 1.35 bits per heavy atom. The van der Waals surface area contributed by atoms with Crippen molar-refractivity contribution in [3.05, 3.63) is 29.3 Å². The van der Waals surface area contributed by atoms with Crippen LogP contribution in [0, 0.1) is 6.92 Å². The Bertz CT molecular complexity index is 350. The van der Waals surface area contributed by atoms with Gasteiger partial charge >= 0.3 is 0 Å². The molecule has 0 fully saturated rings. The summed E-state index contributed by atoms with van der Waals surface area (Å²) in [7, 11) is 0. The van der Waals surface area contributed by atoms with Crippen LogP contribution < -0.4 is 10.1 Å². The van der Waals surface area contributed by atoms with Gasteiger partial charge in [0.2, 0.25) is 0 Å². The van der Waals surface area contributed by atoms with Crippen molar-refractivity contribution in [1.29, 1.82) is 0 Å². The first-order chi connectivity index (χ1) is 8.04. The lowest BCUT2D eigenvalue weighted by Crippen LogP contribution is -2.20. The van der Waals surface area contributed by atoms with E-state index in [1.807, 2.05) is 13.0 Å². The molecule has 3 nitrogen and oxygen atoms in total. The van der Waals surface area contributed by atoms with E-state index in [-0.39, 0.29) is 6.04 Å². The highest BCUT2D eigenvalue weighted by molar-refractivity contribution is 5.39. The van der Waals surface area contributed by atoms with Gasteiger partial charge in [0.25, 0.3) is 0 Å². The Balaban J connectivity index is 2.87. The number of hydrogen-bond donors (Lipinski definition) is 2. The Hall–Kier alpha value is -1.06. The molecule has 0 aliphatic heterocycles. The number of rotatable bonds is 6. The molecule has 2 N–H and O–H groups in total. The predicted molar refractivity (Wildman–Crippen MR) is 70.4 cm³/mol. The number of nitrogens with one attached hydrogen (secondary N) is 1. The maximum Gasteiger partial charge on any atom is 0.124 e. The molecule has 17 heavy (non-hydrogen) atoms. The van der Waals surface area contributed by atoms with E-state index in [1.54, 1.807) is 6.92 Å². The van der Waals surface area contributed by atoms with Gasteiger partial charge in [-0.3, -0.25) is 0 Å². The summed E-state index contributed by atoms with van der Waals surface area (Å²) in [6, 6.07) is 6.44. The molecule has 0 spiro atoms. The molecule has 0 amide bonds. The molecule has 0 saturated carbocycles. The lowest BCUT2D eigenvalue weighted by molar-refractivity contribution is 0.121. The van der Waals surface area contributed by atoms with Gasteiger partial charge in [0.05, 0.1) is 6.10 Å². The van der Waals surface area contributed by atoms with Crippen LogP contribution in [0.1, 0.15) is 37.9 Å². The largest absolute Gasteiger partial charge is 0.491 e. The van der Waals surface area contributed by atoms with Crippen LogP contribution in [-0.2, 0) is 0 Å². The molecule has 2 atom stereocenters. The number of ether oxygens (including phenoxy) is 1. The average molecular weight is 237 g/mol. The van der Waals surface area contributed by atoms with Gasteiger partial charge in [-0.05, 0) is 38.9 Å². The maximum absolute atomic E-state index is 9.28. The fourth-order valence-electron chi connectivity index (χ4n) is 1.75. The van der Waals surface area contributed by atoms with E-state index in [0.717, 1.165) is 23.4 Å². The molecular formula is C14H23NO2. The van der Waals surface area contributed by atoms with Crippen molar-refractivity contribution in [3.8, 4) is 5.75 Å². The summed E-state index contributed by atoms with van der Waals surface area (Å²) in [5.74, 6) is 0.861.